The molecule has 3 nitrogen and oxygen atoms in total. The summed E-state index contributed by atoms with van der Waals surface area (Å²) in [6.45, 7) is 2.06. The Morgan fingerprint density at radius 1 is 1.06 bits per heavy atom. The van der Waals surface area contributed by atoms with Crippen LogP contribution in [-0.4, -0.2) is 16.2 Å². The number of imidazole rings is 1. The van der Waals surface area contributed by atoms with Crippen LogP contribution in [0.25, 0.3) is 11.0 Å². The molecule has 0 fully saturated rings. The molecule has 0 amide bonds. The van der Waals surface area contributed by atoms with Gasteiger partial charge in [-0.25, -0.2) is 4.98 Å². The van der Waals surface area contributed by atoms with Crippen molar-refractivity contribution in [1.82, 2.24) is 9.97 Å². The molecule has 0 aliphatic rings. The zero-order valence-corrected chi connectivity index (χ0v) is 10.1. The first kappa shape index (κ1) is 10.7. The number of hydrogen-bond acceptors (Lipinski definition) is 2. The van der Waals surface area contributed by atoms with Gasteiger partial charge < -0.3 is 4.98 Å². The van der Waals surface area contributed by atoms with E-state index in [-0.39, 0.29) is 0 Å². The number of nitrogens with zero attached hydrogens (tertiary/aromatic N) is 2. The van der Waals surface area contributed by atoms with Gasteiger partial charge in [-0.05, 0) is 31.2 Å². The Bertz CT molecular complexity index is 660. The molecule has 0 saturated heterocycles. The summed E-state index contributed by atoms with van der Waals surface area (Å²) in [5.41, 5.74) is 4.16. The molecule has 0 saturated carbocycles. The topological polar surface area (TPSA) is 41.0 Å². The Morgan fingerprint density at radius 3 is 2.61 bits per heavy atom. The molecule has 1 heterocycles. The molecule has 1 aromatic heterocycles. The number of rotatable bonds is 2. The molecule has 0 spiro atoms. The first-order valence-electron chi connectivity index (χ1n) is 5.87. The number of H-pyrrole nitrogens is 1. The van der Waals surface area contributed by atoms with Gasteiger partial charge in [-0.3, -0.25) is 4.99 Å². The second-order valence-corrected chi connectivity index (χ2v) is 4.23. The number of aryl methyl sites for hydroxylation is 1. The Hall–Kier alpha value is -2.42. The summed E-state index contributed by atoms with van der Waals surface area (Å²) < 4.78 is 0. The van der Waals surface area contributed by atoms with Crippen LogP contribution < -0.4 is 0 Å². The number of hydrogen-bond donors (Lipinski definition) is 1. The van der Waals surface area contributed by atoms with Crippen molar-refractivity contribution in [3.8, 4) is 0 Å². The molecule has 0 atom stereocenters. The van der Waals surface area contributed by atoms with Gasteiger partial charge in [0.2, 0.25) is 0 Å². The zero-order valence-electron chi connectivity index (χ0n) is 10.1. The van der Waals surface area contributed by atoms with Crippen molar-refractivity contribution in [2.75, 3.05) is 0 Å². The Labute approximate surface area is 105 Å². The van der Waals surface area contributed by atoms with Crippen molar-refractivity contribution in [2.24, 2.45) is 4.99 Å². The van der Waals surface area contributed by atoms with E-state index >= 15 is 0 Å². The fraction of sp³-hybridized carbons (Fsp3) is 0.0667. The zero-order chi connectivity index (χ0) is 12.4. The summed E-state index contributed by atoms with van der Waals surface area (Å²) in [5.74, 6) is 0.775. The minimum absolute atomic E-state index is 0.775. The van der Waals surface area contributed by atoms with Crippen LogP contribution in [0.4, 0.5) is 5.69 Å². The van der Waals surface area contributed by atoms with Crippen LogP contribution in [0.1, 0.15) is 11.4 Å². The van der Waals surface area contributed by atoms with Crippen molar-refractivity contribution in [3.63, 3.8) is 0 Å². The van der Waals surface area contributed by atoms with Crippen LogP contribution in [0.2, 0.25) is 0 Å². The number of nitrogens with one attached hydrogen (secondary N) is 1. The molecule has 0 radical (unpaired) electrons. The molecule has 88 valence electrons. The van der Waals surface area contributed by atoms with Gasteiger partial charge in [-0.15, -0.1) is 0 Å². The number of aliphatic imine (C=N–C) groups is 1. The minimum atomic E-state index is 0.775. The number of benzene rings is 2. The summed E-state index contributed by atoms with van der Waals surface area (Å²) in [6, 6.07) is 16.0. The molecular formula is C15H13N3. The Balaban J connectivity index is 1.89. The molecule has 0 unspecified atom stereocenters. The second-order valence-electron chi connectivity index (χ2n) is 4.23. The smallest absolute Gasteiger partial charge is 0.149 e. The van der Waals surface area contributed by atoms with Gasteiger partial charge in [0.15, 0.2) is 0 Å². The molecule has 0 aliphatic carbocycles. The lowest BCUT2D eigenvalue weighted by molar-refractivity contribution is 1.30. The van der Waals surface area contributed by atoms with Gasteiger partial charge >= 0.3 is 0 Å². The molecule has 2 aromatic carbocycles. The quantitative estimate of drug-likeness (QED) is 0.677. The molecule has 18 heavy (non-hydrogen) atoms. The van der Waals surface area contributed by atoms with E-state index in [1.807, 2.05) is 48.5 Å². The lowest BCUT2D eigenvalue weighted by atomic mass is 10.2. The van der Waals surface area contributed by atoms with Gasteiger partial charge in [0.25, 0.3) is 0 Å². The first-order valence-corrected chi connectivity index (χ1v) is 5.87. The van der Waals surface area contributed by atoms with Crippen LogP contribution in [0, 0.1) is 6.92 Å². The largest absolute Gasteiger partial charge is 0.337 e. The maximum absolute atomic E-state index is 4.44. The monoisotopic (exact) mass is 235 g/mol. The fourth-order valence-electron chi connectivity index (χ4n) is 1.80. The third-order valence-corrected chi connectivity index (χ3v) is 2.78. The van der Waals surface area contributed by atoms with Gasteiger partial charge in [-0.1, -0.05) is 29.8 Å². The Morgan fingerprint density at radius 2 is 1.83 bits per heavy atom. The first-order chi connectivity index (χ1) is 8.81. The molecule has 1 N–H and O–H groups in total. The molecule has 3 rings (SSSR count). The second kappa shape index (κ2) is 4.45. The van der Waals surface area contributed by atoms with Gasteiger partial charge in [0.1, 0.15) is 5.82 Å². The number of fused-ring (bicyclic) bond motifs is 1. The SMILES string of the molecule is Cc1ccc(N=Cc2nc3ccccc3[nH]2)cc1. The summed E-state index contributed by atoms with van der Waals surface area (Å²) in [5, 5.41) is 0. The standard InChI is InChI=1S/C15H13N3/c1-11-6-8-12(9-7-11)16-10-15-17-13-4-2-3-5-14(13)18-15/h2-10H,1H3,(H,17,18). The minimum Gasteiger partial charge on any atom is -0.337 e. The molecule has 3 heteroatoms. The summed E-state index contributed by atoms with van der Waals surface area (Å²) in [6.07, 6.45) is 1.75. The van der Waals surface area contributed by atoms with Gasteiger partial charge in [0, 0.05) is 0 Å². The lowest BCUT2D eigenvalue weighted by Crippen LogP contribution is -1.82. The lowest BCUT2D eigenvalue weighted by Gasteiger charge is -1.93. The van der Waals surface area contributed by atoms with E-state index in [0.717, 1.165) is 22.5 Å². The highest BCUT2D eigenvalue weighted by Crippen LogP contribution is 2.13. The summed E-state index contributed by atoms with van der Waals surface area (Å²) >= 11 is 0. The van der Waals surface area contributed by atoms with Crippen LogP contribution in [-0.2, 0) is 0 Å². The van der Waals surface area contributed by atoms with Gasteiger partial charge in [0.05, 0.1) is 22.9 Å². The van der Waals surface area contributed by atoms with Crippen molar-refractivity contribution in [2.45, 2.75) is 6.92 Å². The van der Waals surface area contributed by atoms with Crippen LogP contribution in [0.3, 0.4) is 0 Å². The third kappa shape index (κ3) is 2.15. The van der Waals surface area contributed by atoms with Gasteiger partial charge in [-0.2, -0.15) is 0 Å². The predicted molar refractivity (Wildman–Crippen MR) is 74.5 cm³/mol. The van der Waals surface area contributed by atoms with Crippen molar-refractivity contribution in [3.05, 3.63) is 59.9 Å². The summed E-state index contributed by atoms with van der Waals surface area (Å²) in [7, 11) is 0. The molecular weight excluding hydrogens is 222 g/mol. The Kier molecular flexibility index (Phi) is 2.65. The van der Waals surface area contributed by atoms with Crippen LogP contribution in [0.5, 0.6) is 0 Å². The van der Waals surface area contributed by atoms with E-state index in [0.29, 0.717) is 0 Å². The predicted octanol–water partition coefficient (Wildman–Crippen LogP) is 3.62. The van der Waals surface area contributed by atoms with E-state index in [4.69, 9.17) is 0 Å². The fourth-order valence-corrected chi connectivity index (χ4v) is 1.80. The number of aromatic nitrogens is 2. The maximum atomic E-state index is 4.44. The van der Waals surface area contributed by atoms with Crippen LogP contribution in [0.15, 0.2) is 53.5 Å². The maximum Gasteiger partial charge on any atom is 0.149 e. The van der Waals surface area contributed by atoms with Crippen molar-refractivity contribution in [1.29, 1.82) is 0 Å². The number of aromatic amines is 1. The van der Waals surface area contributed by atoms with E-state index in [2.05, 4.69) is 21.9 Å². The van der Waals surface area contributed by atoms with Crippen molar-refractivity contribution < 1.29 is 0 Å². The average molecular weight is 235 g/mol. The molecule has 0 bridgehead atoms. The normalized spacial score (nSPS) is 11.4. The number of para-hydroxylation sites is 2. The van der Waals surface area contributed by atoms with E-state index in [1.54, 1.807) is 6.21 Å². The third-order valence-electron chi connectivity index (χ3n) is 2.78. The molecule has 0 aliphatic heterocycles. The summed E-state index contributed by atoms with van der Waals surface area (Å²) in [4.78, 5) is 12.1. The molecule has 3 aromatic rings. The highest BCUT2D eigenvalue weighted by atomic mass is 14.9. The van der Waals surface area contributed by atoms with E-state index < -0.39 is 0 Å². The van der Waals surface area contributed by atoms with E-state index in [9.17, 15) is 0 Å². The average Bonchev–Trinajstić information content (AvgIpc) is 2.81. The van der Waals surface area contributed by atoms with E-state index in [1.165, 1.54) is 5.56 Å². The highest BCUT2D eigenvalue weighted by Gasteiger charge is 1.98. The van der Waals surface area contributed by atoms with Crippen molar-refractivity contribution >= 4 is 22.9 Å². The van der Waals surface area contributed by atoms with Crippen LogP contribution >= 0.6 is 0 Å². The highest BCUT2D eigenvalue weighted by molar-refractivity contribution is 5.85.